The molecule has 3 aromatic rings. The van der Waals surface area contributed by atoms with Gasteiger partial charge >= 0.3 is 6.03 Å². The second-order valence-electron chi connectivity index (χ2n) is 7.19. The molecule has 7 heteroatoms. The molecule has 2 N–H and O–H groups in total. The molecule has 4 rings (SSSR count). The first kappa shape index (κ1) is 20.8. The first-order valence-corrected chi connectivity index (χ1v) is 10.3. The van der Waals surface area contributed by atoms with Gasteiger partial charge < -0.3 is 20.3 Å². The Balaban J connectivity index is 1.43. The molecule has 0 saturated heterocycles. The van der Waals surface area contributed by atoms with Crippen LogP contribution in [0.3, 0.4) is 0 Å². The monoisotopic (exact) mass is 435 g/mol. The Bertz CT molecular complexity index is 1120. The highest BCUT2D eigenvalue weighted by atomic mass is 35.5. The average molecular weight is 436 g/mol. The van der Waals surface area contributed by atoms with Crippen LogP contribution in [0.15, 0.2) is 66.7 Å². The summed E-state index contributed by atoms with van der Waals surface area (Å²) in [5.41, 5.74) is 4.06. The fourth-order valence-corrected chi connectivity index (χ4v) is 3.73. The molecule has 0 unspecified atom stereocenters. The topological polar surface area (TPSA) is 70.7 Å². The van der Waals surface area contributed by atoms with E-state index in [1.165, 1.54) is 0 Å². The zero-order chi connectivity index (χ0) is 21.8. The van der Waals surface area contributed by atoms with Crippen LogP contribution in [0.5, 0.6) is 5.75 Å². The Morgan fingerprint density at radius 1 is 1.06 bits per heavy atom. The van der Waals surface area contributed by atoms with E-state index in [4.69, 9.17) is 16.3 Å². The van der Waals surface area contributed by atoms with Crippen LogP contribution in [0.25, 0.3) is 0 Å². The van der Waals surface area contributed by atoms with Gasteiger partial charge in [-0.05, 0) is 60.0 Å². The summed E-state index contributed by atoms with van der Waals surface area (Å²) in [7, 11) is 1.60. The van der Waals surface area contributed by atoms with Crippen LogP contribution in [0.4, 0.5) is 16.2 Å². The third-order valence-electron chi connectivity index (χ3n) is 5.20. The molecule has 0 saturated carbocycles. The zero-order valence-corrected chi connectivity index (χ0v) is 17.8. The average Bonchev–Trinajstić information content (AvgIpc) is 3.22. The molecule has 3 aromatic carbocycles. The summed E-state index contributed by atoms with van der Waals surface area (Å²) >= 11 is 6.08. The minimum Gasteiger partial charge on any atom is -0.497 e. The molecule has 0 bridgehead atoms. The van der Waals surface area contributed by atoms with Gasteiger partial charge in [0.1, 0.15) is 5.75 Å². The second-order valence-corrected chi connectivity index (χ2v) is 7.59. The number of para-hydroxylation sites is 1. The summed E-state index contributed by atoms with van der Waals surface area (Å²) in [6.07, 6.45) is 0.804. The summed E-state index contributed by atoms with van der Waals surface area (Å²) in [6.45, 7) is 0.957. The minimum absolute atomic E-state index is 0.0528. The molecule has 0 fully saturated rings. The Hall–Kier alpha value is -3.51. The Labute approximate surface area is 185 Å². The van der Waals surface area contributed by atoms with Crippen LogP contribution in [0.2, 0.25) is 5.02 Å². The number of carbonyl (C=O) groups is 2. The molecule has 1 aliphatic heterocycles. The van der Waals surface area contributed by atoms with E-state index in [9.17, 15) is 9.59 Å². The summed E-state index contributed by atoms with van der Waals surface area (Å²) in [6, 6.07) is 19.7. The lowest BCUT2D eigenvalue weighted by Gasteiger charge is -2.18. The van der Waals surface area contributed by atoms with Crippen molar-refractivity contribution in [1.29, 1.82) is 0 Å². The summed E-state index contributed by atoms with van der Waals surface area (Å²) < 4.78 is 5.16. The molecule has 0 radical (unpaired) electrons. The van der Waals surface area contributed by atoms with Gasteiger partial charge in [0.05, 0.1) is 17.8 Å². The fraction of sp³-hybridized carbons (Fsp3) is 0.167. The fourth-order valence-electron chi connectivity index (χ4n) is 3.55. The number of methoxy groups -OCH3 is 1. The van der Waals surface area contributed by atoms with Gasteiger partial charge in [-0.25, -0.2) is 4.79 Å². The van der Waals surface area contributed by atoms with E-state index in [2.05, 4.69) is 10.6 Å². The maximum absolute atomic E-state index is 13.0. The van der Waals surface area contributed by atoms with Crippen LogP contribution < -0.4 is 20.3 Å². The number of halogens is 1. The highest BCUT2D eigenvalue weighted by molar-refractivity contribution is 6.33. The standard InChI is InChI=1S/C24H22ClN3O3/c1-31-19-10-8-18(9-11-19)23(29)28-13-12-17-7-6-16(14-22(17)28)15-26-24(30)27-21-5-3-2-4-20(21)25/h2-11,14H,12-13,15H2,1H3,(H2,26,27,30). The van der Waals surface area contributed by atoms with Gasteiger partial charge in [-0.2, -0.15) is 0 Å². The zero-order valence-electron chi connectivity index (χ0n) is 17.0. The van der Waals surface area contributed by atoms with Crippen molar-refractivity contribution in [3.8, 4) is 5.75 Å². The van der Waals surface area contributed by atoms with Gasteiger partial charge in [-0.1, -0.05) is 35.9 Å². The van der Waals surface area contributed by atoms with Crippen molar-refractivity contribution in [2.75, 3.05) is 23.9 Å². The van der Waals surface area contributed by atoms with Crippen LogP contribution in [0.1, 0.15) is 21.5 Å². The quantitative estimate of drug-likeness (QED) is 0.600. The molecule has 31 heavy (non-hydrogen) atoms. The van der Waals surface area contributed by atoms with Crippen molar-refractivity contribution >= 4 is 34.9 Å². The molecule has 3 amide bonds. The number of benzene rings is 3. The first-order valence-electron chi connectivity index (χ1n) is 9.92. The molecular formula is C24H22ClN3O3. The Morgan fingerprint density at radius 3 is 2.58 bits per heavy atom. The molecular weight excluding hydrogens is 414 g/mol. The van der Waals surface area contributed by atoms with Crippen molar-refractivity contribution in [1.82, 2.24) is 5.32 Å². The van der Waals surface area contributed by atoms with E-state index in [1.54, 1.807) is 60.5 Å². The SMILES string of the molecule is COc1ccc(C(=O)N2CCc3ccc(CNC(=O)Nc4ccccc4Cl)cc32)cc1. The molecule has 1 heterocycles. The number of carbonyl (C=O) groups excluding carboxylic acids is 2. The van der Waals surface area contributed by atoms with Gasteiger partial charge in [0.2, 0.25) is 0 Å². The van der Waals surface area contributed by atoms with E-state index in [-0.39, 0.29) is 11.9 Å². The lowest BCUT2D eigenvalue weighted by molar-refractivity contribution is 0.0989. The summed E-state index contributed by atoms with van der Waals surface area (Å²) in [4.78, 5) is 27.0. The van der Waals surface area contributed by atoms with Gasteiger partial charge in [-0.15, -0.1) is 0 Å². The second kappa shape index (κ2) is 9.10. The molecule has 158 valence electrons. The smallest absolute Gasteiger partial charge is 0.319 e. The number of urea groups is 1. The number of nitrogens with zero attached hydrogens (tertiary/aromatic N) is 1. The van der Waals surface area contributed by atoms with Crippen LogP contribution in [-0.2, 0) is 13.0 Å². The molecule has 6 nitrogen and oxygen atoms in total. The molecule has 1 aliphatic rings. The predicted octanol–water partition coefficient (Wildman–Crippen LogP) is 4.87. The number of anilines is 2. The first-order chi connectivity index (χ1) is 15.0. The van der Waals surface area contributed by atoms with Crippen molar-refractivity contribution in [2.24, 2.45) is 0 Å². The van der Waals surface area contributed by atoms with Gasteiger partial charge in [0.15, 0.2) is 0 Å². The van der Waals surface area contributed by atoms with E-state index < -0.39 is 0 Å². The van der Waals surface area contributed by atoms with Crippen molar-refractivity contribution in [2.45, 2.75) is 13.0 Å². The number of hydrogen-bond acceptors (Lipinski definition) is 3. The van der Waals surface area contributed by atoms with Gasteiger partial charge in [-0.3, -0.25) is 4.79 Å². The third-order valence-corrected chi connectivity index (χ3v) is 5.53. The maximum atomic E-state index is 13.0. The van der Waals surface area contributed by atoms with Crippen LogP contribution >= 0.6 is 11.6 Å². The van der Waals surface area contributed by atoms with E-state index in [0.717, 1.165) is 23.2 Å². The Kier molecular flexibility index (Phi) is 6.09. The summed E-state index contributed by atoms with van der Waals surface area (Å²) in [5, 5.41) is 6.04. The van der Waals surface area contributed by atoms with E-state index in [0.29, 0.717) is 35.1 Å². The van der Waals surface area contributed by atoms with E-state index >= 15 is 0 Å². The number of rotatable bonds is 5. The van der Waals surface area contributed by atoms with Gasteiger partial charge in [0, 0.05) is 24.3 Å². The summed E-state index contributed by atoms with van der Waals surface area (Å²) in [5.74, 6) is 0.657. The van der Waals surface area contributed by atoms with E-state index in [1.807, 2.05) is 18.2 Å². The lowest BCUT2D eigenvalue weighted by Crippen LogP contribution is -2.29. The third kappa shape index (κ3) is 4.64. The number of hydrogen-bond donors (Lipinski definition) is 2. The van der Waals surface area contributed by atoms with Gasteiger partial charge in [0.25, 0.3) is 5.91 Å². The van der Waals surface area contributed by atoms with Crippen molar-refractivity contribution in [3.05, 3.63) is 88.4 Å². The predicted molar refractivity (Wildman–Crippen MR) is 122 cm³/mol. The minimum atomic E-state index is -0.347. The molecule has 0 spiro atoms. The lowest BCUT2D eigenvalue weighted by atomic mass is 10.1. The normalized spacial score (nSPS) is 12.3. The highest BCUT2D eigenvalue weighted by Gasteiger charge is 2.26. The number of fused-ring (bicyclic) bond motifs is 1. The highest BCUT2D eigenvalue weighted by Crippen LogP contribution is 2.31. The van der Waals surface area contributed by atoms with Crippen molar-refractivity contribution < 1.29 is 14.3 Å². The number of ether oxygens (including phenoxy) is 1. The van der Waals surface area contributed by atoms with Crippen LogP contribution in [0, 0.1) is 0 Å². The number of nitrogens with one attached hydrogen (secondary N) is 2. The maximum Gasteiger partial charge on any atom is 0.319 e. The Morgan fingerprint density at radius 2 is 1.84 bits per heavy atom. The van der Waals surface area contributed by atoms with Crippen molar-refractivity contribution in [3.63, 3.8) is 0 Å². The molecule has 0 atom stereocenters. The number of amides is 3. The molecule has 0 aromatic heterocycles. The molecule has 0 aliphatic carbocycles. The largest absolute Gasteiger partial charge is 0.497 e. The van der Waals surface area contributed by atoms with Crippen LogP contribution in [-0.4, -0.2) is 25.6 Å².